The van der Waals surface area contributed by atoms with Crippen molar-refractivity contribution in [3.8, 4) is 0 Å². The van der Waals surface area contributed by atoms with Crippen molar-refractivity contribution < 1.29 is 149 Å². The smallest absolute Gasteiger partial charge is 0.460 e. The van der Waals surface area contributed by atoms with Crippen molar-refractivity contribution in [1.29, 1.82) is 0 Å². The molecule has 0 amide bonds. The van der Waals surface area contributed by atoms with Crippen LogP contribution < -0.4 is 9.13 Å². The van der Waals surface area contributed by atoms with E-state index >= 15 is 0 Å². The van der Waals surface area contributed by atoms with Gasteiger partial charge in [-0.3, -0.25) is 0 Å². The SMILES string of the molecule is CS(=O)(=O)[O-].CS(=O)(=O)[O-].FC(F)(F)C(F)(F)C(F)(F)C(F)(F)C(F)(F)C(F)(F)CC[n+]1ccccc1CCCCCCCCc1cccc[n+]1CCC(F)(F)C(F)(F)C(F)(F)C(F)(F)C(F)(F)C(F)(F)F. The second kappa shape index (κ2) is 23.5. The van der Waals surface area contributed by atoms with E-state index in [2.05, 4.69) is 0 Å². The van der Waals surface area contributed by atoms with E-state index in [1.165, 1.54) is 24.3 Å². The van der Waals surface area contributed by atoms with Gasteiger partial charge in [0, 0.05) is 49.6 Å². The summed E-state index contributed by atoms with van der Waals surface area (Å²) in [6.07, 6.45) is -15.1. The van der Waals surface area contributed by atoms with Gasteiger partial charge in [-0.05, 0) is 12.8 Å². The van der Waals surface area contributed by atoms with E-state index in [-0.39, 0.29) is 37.1 Å². The molecular weight excluding hydrogens is 1110 g/mol. The number of halogens is 26. The van der Waals surface area contributed by atoms with E-state index in [1.807, 2.05) is 0 Å². The Labute approximate surface area is 390 Å². The van der Waals surface area contributed by atoms with Gasteiger partial charge in [0.1, 0.15) is 0 Å². The van der Waals surface area contributed by atoms with Crippen LogP contribution in [0.5, 0.6) is 0 Å². The fourth-order valence-corrected chi connectivity index (χ4v) is 5.67. The Balaban J connectivity index is 0.00000456. The molecule has 0 bridgehead atoms. The second-order valence-electron chi connectivity index (χ2n) is 15.3. The molecule has 0 fully saturated rings. The molecule has 0 aromatic carbocycles. The third-order valence-electron chi connectivity index (χ3n) is 9.52. The average Bonchev–Trinajstić information content (AvgIpc) is 3.18. The monoisotopic (exact) mass is 1150 g/mol. The van der Waals surface area contributed by atoms with Gasteiger partial charge < -0.3 is 9.11 Å². The zero-order chi connectivity index (χ0) is 57.5. The van der Waals surface area contributed by atoms with Crippen molar-refractivity contribution in [2.24, 2.45) is 0 Å². The summed E-state index contributed by atoms with van der Waals surface area (Å²) in [6, 6.07) is 7.28. The molecule has 422 valence electrons. The minimum Gasteiger partial charge on any atom is -0.748 e. The van der Waals surface area contributed by atoms with Crippen molar-refractivity contribution >= 4 is 20.2 Å². The molecule has 0 saturated heterocycles. The van der Waals surface area contributed by atoms with Gasteiger partial charge in [0.25, 0.3) is 0 Å². The van der Waals surface area contributed by atoms with Gasteiger partial charge in [-0.1, -0.05) is 37.8 Å². The molecule has 36 heteroatoms. The Bertz CT molecular complexity index is 2100. The Kier molecular flexibility index (Phi) is 22.3. The summed E-state index contributed by atoms with van der Waals surface area (Å²) in [7, 11) is -7.83. The van der Waals surface area contributed by atoms with E-state index in [9.17, 15) is 114 Å². The number of hydrogen-bond acceptors (Lipinski definition) is 6. The number of pyridine rings is 2. The molecule has 0 N–H and O–H groups in total. The lowest BCUT2D eigenvalue weighted by Crippen LogP contribution is -2.70. The van der Waals surface area contributed by atoms with Crippen molar-refractivity contribution in [3.63, 3.8) is 0 Å². The zero-order valence-electron chi connectivity index (χ0n) is 36.1. The van der Waals surface area contributed by atoms with Crippen molar-refractivity contribution in [1.82, 2.24) is 0 Å². The lowest BCUT2D eigenvalue weighted by molar-refractivity contribution is -0.707. The maximum atomic E-state index is 14.3. The molecule has 2 aromatic rings. The van der Waals surface area contributed by atoms with Gasteiger partial charge in [0.05, 0.1) is 33.1 Å². The van der Waals surface area contributed by atoms with Gasteiger partial charge >= 0.3 is 71.6 Å². The summed E-state index contributed by atoms with van der Waals surface area (Å²) in [4.78, 5) is 0. The van der Waals surface area contributed by atoms with Crippen LogP contribution in [0.2, 0.25) is 0 Å². The van der Waals surface area contributed by atoms with Crippen molar-refractivity contribution in [3.05, 3.63) is 60.2 Å². The van der Waals surface area contributed by atoms with Crippen molar-refractivity contribution in [2.75, 3.05) is 12.5 Å². The fraction of sp³-hybridized carbons (Fsp3) is 0.722. The van der Waals surface area contributed by atoms with Crippen LogP contribution in [-0.4, -0.2) is 110 Å². The topological polar surface area (TPSA) is 122 Å². The Hall–Kier alpha value is -3.70. The highest BCUT2D eigenvalue weighted by Crippen LogP contribution is 2.62. The highest BCUT2D eigenvalue weighted by Gasteiger charge is 2.92. The molecule has 0 aliphatic heterocycles. The van der Waals surface area contributed by atoms with Crippen molar-refractivity contribution in [2.45, 2.75) is 149 Å². The predicted molar refractivity (Wildman–Crippen MR) is 190 cm³/mol. The lowest BCUT2D eigenvalue weighted by atomic mass is 9.92. The van der Waals surface area contributed by atoms with Gasteiger partial charge in [0.2, 0.25) is 0 Å². The Morgan fingerprint density at radius 3 is 0.833 bits per heavy atom. The molecule has 0 aliphatic rings. The molecular formula is C36H38F26N2O6S2. The normalized spacial score (nSPS) is 14.6. The molecule has 72 heavy (non-hydrogen) atoms. The number of nitrogens with zero attached hydrogens (tertiary/aromatic N) is 2. The predicted octanol–water partition coefficient (Wildman–Crippen LogP) is 11.0. The summed E-state index contributed by atoms with van der Waals surface area (Å²) < 4.78 is 405. The summed E-state index contributed by atoms with van der Waals surface area (Å²) in [5.74, 6) is -75.0. The average molecular weight is 1150 g/mol. The van der Waals surface area contributed by atoms with E-state index < -0.39 is 118 Å². The standard InChI is InChI=1S/C34H32F26N2.2CH4O3S/c35-23(36,25(39,40)27(43,44)29(47,48)31(51,52)33(55,56)57)15-19-61-17-9-7-13-21(61)11-5-3-1-2-4-6-12-22-14-8-10-18-62(22)20-16-24(37,38)26(41,42)28(45,46)30(49,50)32(53,54)34(58,59)60;2*1-5(2,3)4/h7-10,13-14,17-18H,1-6,11-12,15-16,19-20H2;2*1H3,(H,2,3,4)/q+2;;/p-2. The van der Waals surface area contributed by atoms with Gasteiger partial charge in [0.15, 0.2) is 36.9 Å². The molecule has 0 radical (unpaired) electrons. The van der Waals surface area contributed by atoms with E-state index in [0.717, 1.165) is 33.7 Å². The van der Waals surface area contributed by atoms with Crippen LogP contribution in [0.3, 0.4) is 0 Å². The van der Waals surface area contributed by atoms with Gasteiger partial charge in [-0.15, -0.1) is 0 Å². The molecule has 0 unspecified atom stereocenters. The molecule has 0 aliphatic carbocycles. The van der Waals surface area contributed by atoms with E-state index in [1.54, 1.807) is 0 Å². The highest BCUT2D eigenvalue weighted by molar-refractivity contribution is 7.85. The molecule has 0 saturated carbocycles. The molecule has 2 heterocycles. The zero-order valence-corrected chi connectivity index (χ0v) is 37.7. The van der Waals surface area contributed by atoms with Crippen LogP contribution in [-0.2, 0) is 46.2 Å². The van der Waals surface area contributed by atoms with Crippen LogP contribution in [0, 0.1) is 0 Å². The van der Waals surface area contributed by atoms with Crippen LogP contribution in [0.15, 0.2) is 48.8 Å². The third-order valence-corrected chi connectivity index (χ3v) is 9.52. The fourth-order valence-electron chi connectivity index (χ4n) is 5.67. The molecule has 0 spiro atoms. The highest BCUT2D eigenvalue weighted by atomic mass is 32.2. The van der Waals surface area contributed by atoms with Crippen LogP contribution in [0.25, 0.3) is 0 Å². The number of aryl methyl sites for hydroxylation is 4. The summed E-state index contributed by atoms with van der Waals surface area (Å²) >= 11 is 0. The maximum absolute atomic E-state index is 14.3. The minimum atomic E-state index is -8.02. The molecule has 0 atom stereocenters. The number of rotatable bonds is 23. The molecule has 8 nitrogen and oxygen atoms in total. The van der Waals surface area contributed by atoms with E-state index in [0.29, 0.717) is 38.2 Å². The quantitative estimate of drug-likeness (QED) is 0.0473. The molecule has 2 aromatic heterocycles. The van der Waals surface area contributed by atoms with Gasteiger partial charge in [-0.25, -0.2) is 26.0 Å². The first-order chi connectivity index (χ1) is 31.6. The number of alkyl halides is 26. The summed E-state index contributed by atoms with van der Waals surface area (Å²) in [5.41, 5.74) is 0.113. The summed E-state index contributed by atoms with van der Waals surface area (Å²) in [6.45, 7) is -2.70. The second-order valence-corrected chi connectivity index (χ2v) is 18.1. The Morgan fingerprint density at radius 1 is 0.375 bits per heavy atom. The summed E-state index contributed by atoms with van der Waals surface area (Å²) in [5, 5.41) is 0. The first-order valence-electron chi connectivity index (χ1n) is 19.3. The maximum Gasteiger partial charge on any atom is 0.460 e. The minimum absolute atomic E-state index is 0.0448. The van der Waals surface area contributed by atoms with E-state index in [4.69, 9.17) is 25.9 Å². The number of hydrogen-bond donors (Lipinski definition) is 0. The van der Waals surface area contributed by atoms with Crippen LogP contribution >= 0.6 is 0 Å². The lowest BCUT2D eigenvalue weighted by Gasteiger charge is -2.39. The van der Waals surface area contributed by atoms with Crippen LogP contribution in [0.1, 0.15) is 62.8 Å². The largest absolute Gasteiger partial charge is 0.748 e. The number of unbranched alkanes of at least 4 members (excludes halogenated alkanes) is 5. The number of aromatic nitrogens is 2. The third kappa shape index (κ3) is 16.4. The van der Waals surface area contributed by atoms with Crippen LogP contribution in [0.4, 0.5) is 114 Å². The van der Waals surface area contributed by atoms with Gasteiger partial charge in [-0.2, -0.15) is 114 Å². The molecule has 2 rings (SSSR count). The Morgan fingerprint density at radius 2 is 0.597 bits per heavy atom. The first-order valence-corrected chi connectivity index (χ1v) is 23.0. The first kappa shape index (κ1) is 68.3.